The Bertz CT molecular complexity index is 1310. The van der Waals surface area contributed by atoms with Gasteiger partial charge in [0.1, 0.15) is 11.8 Å². The van der Waals surface area contributed by atoms with Crippen LogP contribution in [0.5, 0.6) is 5.75 Å². The van der Waals surface area contributed by atoms with Crippen molar-refractivity contribution in [1.29, 1.82) is 0 Å². The van der Waals surface area contributed by atoms with Crippen LogP contribution < -0.4 is 10.6 Å². The minimum absolute atomic E-state index is 0.139. The van der Waals surface area contributed by atoms with Gasteiger partial charge >= 0.3 is 0 Å². The summed E-state index contributed by atoms with van der Waals surface area (Å²) >= 11 is 0. The maximum atomic E-state index is 13.4. The SMILES string of the molecule is CC1=C(C(=O)Nc2ccccc2)C(c2ccccc2)n2nc(-c3cccc(O)c3)nc2N1. The number of fused-ring (bicyclic) bond motifs is 1. The number of phenolic OH excluding ortho intramolecular Hbond substituents is 1. The molecule has 1 amide bonds. The zero-order chi connectivity index (χ0) is 22.1. The maximum absolute atomic E-state index is 13.4. The standard InChI is InChI=1S/C25H21N5O2/c1-16-21(24(32)27-19-12-6-3-7-13-19)22(17-9-4-2-5-10-17)30-25(26-16)28-23(29-30)18-11-8-14-20(31)15-18/h2-15,22,31H,1H3,(H,27,32)(H,26,28,29). The second-order valence-corrected chi connectivity index (χ2v) is 7.55. The van der Waals surface area contributed by atoms with Crippen molar-refractivity contribution >= 4 is 17.5 Å². The number of nitrogens with zero attached hydrogens (tertiary/aromatic N) is 3. The lowest BCUT2D eigenvalue weighted by molar-refractivity contribution is -0.113. The number of phenols is 1. The van der Waals surface area contributed by atoms with Crippen molar-refractivity contribution in [2.75, 3.05) is 10.6 Å². The second kappa shape index (κ2) is 8.03. The molecule has 158 valence electrons. The molecule has 7 heteroatoms. The van der Waals surface area contributed by atoms with Gasteiger partial charge in [-0.1, -0.05) is 60.7 Å². The van der Waals surface area contributed by atoms with Crippen LogP contribution in [0.1, 0.15) is 18.5 Å². The minimum atomic E-state index is -0.463. The van der Waals surface area contributed by atoms with Crippen molar-refractivity contribution in [2.45, 2.75) is 13.0 Å². The van der Waals surface area contributed by atoms with E-state index in [0.717, 1.165) is 11.3 Å². The van der Waals surface area contributed by atoms with Crippen LogP contribution in [0, 0.1) is 0 Å². The fourth-order valence-electron chi connectivity index (χ4n) is 3.88. The fourth-order valence-corrected chi connectivity index (χ4v) is 3.88. The van der Waals surface area contributed by atoms with Crippen LogP contribution in [0.4, 0.5) is 11.6 Å². The highest BCUT2D eigenvalue weighted by Crippen LogP contribution is 2.37. The summed E-state index contributed by atoms with van der Waals surface area (Å²) in [7, 11) is 0. The number of amides is 1. The normalized spacial score (nSPS) is 15.1. The van der Waals surface area contributed by atoms with Crippen LogP contribution >= 0.6 is 0 Å². The molecule has 1 aliphatic rings. The lowest BCUT2D eigenvalue weighted by Gasteiger charge is -2.28. The summed E-state index contributed by atoms with van der Waals surface area (Å²) in [5, 5.41) is 20.8. The Morgan fingerprint density at radius 1 is 1.00 bits per heavy atom. The van der Waals surface area contributed by atoms with Crippen LogP contribution in [0.3, 0.4) is 0 Å². The summed E-state index contributed by atoms with van der Waals surface area (Å²) in [6.07, 6.45) is 0. The third-order valence-corrected chi connectivity index (χ3v) is 5.35. The highest BCUT2D eigenvalue weighted by molar-refractivity contribution is 6.06. The molecule has 0 aliphatic carbocycles. The summed E-state index contributed by atoms with van der Waals surface area (Å²) in [6, 6.07) is 25.4. The largest absolute Gasteiger partial charge is 0.508 e. The fraction of sp³-hybridized carbons (Fsp3) is 0.0800. The molecule has 1 atom stereocenters. The number of anilines is 2. The van der Waals surface area contributed by atoms with E-state index in [1.807, 2.05) is 73.7 Å². The molecule has 0 saturated carbocycles. The molecule has 1 aliphatic heterocycles. The van der Waals surface area contributed by atoms with Gasteiger partial charge in [-0.15, -0.1) is 5.10 Å². The molecule has 3 aromatic carbocycles. The Kier molecular flexibility index (Phi) is 4.91. The summed E-state index contributed by atoms with van der Waals surface area (Å²) in [4.78, 5) is 18.0. The highest BCUT2D eigenvalue weighted by atomic mass is 16.3. The molecular formula is C25H21N5O2. The zero-order valence-corrected chi connectivity index (χ0v) is 17.4. The number of carbonyl (C=O) groups excluding carboxylic acids is 1. The topological polar surface area (TPSA) is 92.1 Å². The van der Waals surface area contributed by atoms with Crippen molar-refractivity contribution in [3.8, 4) is 17.1 Å². The monoisotopic (exact) mass is 423 g/mol. The van der Waals surface area contributed by atoms with E-state index in [2.05, 4.69) is 15.6 Å². The first-order valence-corrected chi connectivity index (χ1v) is 10.3. The van der Waals surface area contributed by atoms with Gasteiger partial charge in [0.2, 0.25) is 5.95 Å². The van der Waals surface area contributed by atoms with Gasteiger partial charge in [-0.2, -0.15) is 4.98 Å². The van der Waals surface area contributed by atoms with Crippen LogP contribution in [-0.2, 0) is 4.79 Å². The number of rotatable bonds is 4. The molecule has 1 aromatic heterocycles. The predicted molar refractivity (Wildman–Crippen MR) is 123 cm³/mol. The first-order chi connectivity index (χ1) is 15.6. The highest BCUT2D eigenvalue weighted by Gasteiger charge is 2.34. The van der Waals surface area contributed by atoms with E-state index >= 15 is 0 Å². The number of hydrogen-bond donors (Lipinski definition) is 3. The Labute approximate surface area is 185 Å². The number of hydrogen-bond acceptors (Lipinski definition) is 5. The van der Waals surface area contributed by atoms with E-state index in [0.29, 0.717) is 28.6 Å². The average Bonchev–Trinajstić information content (AvgIpc) is 3.23. The molecule has 5 rings (SSSR count). The van der Waals surface area contributed by atoms with E-state index in [1.165, 1.54) is 0 Å². The number of benzene rings is 3. The summed E-state index contributed by atoms with van der Waals surface area (Å²) < 4.78 is 1.72. The van der Waals surface area contributed by atoms with Gasteiger partial charge in [-0.25, -0.2) is 4.68 Å². The summed E-state index contributed by atoms with van der Waals surface area (Å²) in [5.41, 5.74) is 3.58. The summed E-state index contributed by atoms with van der Waals surface area (Å²) in [6.45, 7) is 1.86. The molecule has 0 radical (unpaired) electrons. The molecule has 3 N–H and O–H groups in total. The molecular weight excluding hydrogens is 402 g/mol. The number of para-hydroxylation sites is 1. The van der Waals surface area contributed by atoms with Gasteiger partial charge in [-0.05, 0) is 36.8 Å². The van der Waals surface area contributed by atoms with Crippen LogP contribution in [-0.4, -0.2) is 25.8 Å². The van der Waals surface area contributed by atoms with Crippen molar-refractivity contribution < 1.29 is 9.90 Å². The maximum Gasteiger partial charge on any atom is 0.255 e. The first kappa shape index (κ1) is 19.6. The van der Waals surface area contributed by atoms with Gasteiger partial charge in [0, 0.05) is 16.9 Å². The van der Waals surface area contributed by atoms with E-state index < -0.39 is 6.04 Å². The van der Waals surface area contributed by atoms with Gasteiger partial charge < -0.3 is 15.7 Å². The minimum Gasteiger partial charge on any atom is -0.508 e. The molecule has 4 aromatic rings. The quantitative estimate of drug-likeness (QED) is 0.447. The second-order valence-electron chi connectivity index (χ2n) is 7.55. The molecule has 0 spiro atoms. The molecule has 7 nitrogen and oxygen atoms in total. The van der Waals surface area contributed by atoms with Crippen molar-refractivity contribution in [2.24, 2.45) is 0 Å². The molecule has 0 bridgehead atoms. The Hall–Kier alpha value is -4.39. The van der Waals surface area contributed by atoms with Crippen molar-refractivity contribution in [1.82, 2.24) is 14.8 Å². The molecule has 32 heavy (non-hydrogen) atoms. The Morgan fingerprint density at radius 3 is 2.44 bits per heavy atom. The van der Waals surface area contributed by atoms with Gasteiger partial charge in [0.15, 0.2) is 5.82 Å². The number of aromatic nitrogens is 3. The molecule has 1 unspecified atom stereocenters. The zero-order valence-electron chi connectivity index (χ0n) is 17.4. The van der Waals surface area contributed by atoms with Crippen molar-refractivity contribution in [3.05, 3.63) is 102 Å². The van der Waals surface area contributed by atoms with E-state index in [-0.39, 0.29) is 11.7 Å². The smallest absolute Gasteiger partial charge is 0.255 e. The van der Waals surface area contributed by atoms with Crippen LogP contribution in [0.25, 0.3) is 11.4 Å². The number of aromatic hydroxyl groups is 1. The molecule has 2 heterocycles. The Balaban J connectivity index is 1.60. The first-order valence-electron chi connectivity index (χ1n) is 10.3. The van der Waals surface area contributed by atoms with E-state index in [9.17, 15) is 9.90 Å². The van der Waals surface area contributed by atoms with Crippen LogP contribution in [0.2, 0.25) is 0 Å². The summed E-state index contributed by atoms with van der Waals surface area (Å²) in [5.74, 6) is 0.919. The van der Waals surface area contributed by atoms with E-state index in [4.69, 9.17) is 5.10 Å². The predicted octanol–water partition coefficient (Wildman–Crippen LogP) is 4.58. The molecule has 0 saturated heterocycles. The van der Waals surface area contributed by atoms with Crippen molar-refractivity contribution in [3.63, 3.8) is 0 Å². The third kappa shape index (κ3) is 3.60. The average molecular weight is 423 g/mol. The third-order valence-electron chi connectivity index (χ3n) is 5.35. The van der Waals surface area contributed by atoms with Gasteiger partial charge in [-0.3, -0.25) is 4.79 Å². The Morgan fingerprint density at radius 2 is 1.72 bits per heavy atom. The van der Waals surface area contributed by atoms with Crippen LogP contribution in [0.15, 0.2) is 96.2 Å². The van der Waals surface area contributed by atoms with Gasteiger partial charge in [0.25, 0.3) is 5.91 Å². The lowest BCUT2D eigenvalue weighted by atomic mass is 9.95. The van der Waals surface area contributed by atoms with E-state index in [1.54, 1.807) is 22.9 Å². The number of allylic oxidation sites excluding steroid dienone is 1. The lowest BCUT2D eigenvalue weighted by Crippen LogP contribution is -2.31. The molecule has 0 fully saturated rings. The number of nitrogens with one attached hydrogen (secondary N) is 2. The van der Waals surface area contributed by atoms with Gasteiger partial charge in [0.05, 0.1) is 5.57 Å². The number of carbonyl (C=O) groups is 1.